The van der Waals surface area contributed by atoms with Gasteiger partial charge in [-0.2, -0.15) is 0 Å². The molecule has 0 atom stereocenters. The summed E-state index contributed by atoms with van der Waals surface area (Å²) in [4.78, 5) is 16.2. The number of rotatable bonds is 5. The lowest BCUT2D eigenvalue weighted by atomic mass is 10.2. The number of nitrogens with zero attached hydrogens (tertiary/aromatic N) is 2. The minimum Gasteiger partial charge on any atom is -0.445 e. The number of hydrogen-bond donors (Lipinski definition) is 1. The van der Waals surface area contributed by atoms with E-state index < -0.39 is 6.09 Å². The van der Waals surface area contributed by atoms with Gasteiger partial charge in [-0.3, -0.25) is 10.2 Å². The molecular formula is C16H23N3O2. The average molecular weight is 289 g/mol. The summed E-state index contributed by atoms with van der Waals surface area (Å²) in [6, 6.07) is 7.89. The molecule has 0 saturated carbocycles. The van der Waals surface area contributed by atoms with Crippen LogP contribution in [0.3, 0.4) is 0 Å². The highest BCUT2D eigenvalue weighted by atomic mass is 16.5. The highest BCUT2D eigenvalue weighted by Crippen LogP contribution is 2.13. The van der Waals surface area contributed by atoms with E-state index in [1.54, 1.807) is 6.08 Å². The van der Waals surface area contributed by atoms with Crippen LogP contribution in [0, 0.1) is 0 Å². The first kappa shape index (κ1) is 15.5. The lowest BCUT2D eigenvalue weighted by molar-refractivity contribution is 0.148. The van der Waals surface area contributed by atoms with E-state index in [4.69, 9.17) is 4.74 Å². The van der Waals surface area contributed by atoms with E-state index in [1.807, 2.05) is 24.3 Å². The fourth-order valence-corrected chi connectivity index (χ4v) is 2.25. The Balaban J connectivity index is 1.81. The highest BCUT2D eigenvalue weighted by Gasteiger charge is 2.13. The van der Waals surface area contributed by atoms with Gasteiger partial charge in [-0.05, 0) is 24.7 Å². The van der Waals surface area contributed by atoms with E-state index in [2.05, 4.69) is 28.7 Å². The van der Waals surface area contributed by atoms with Crippen LogP contribution >= 0.6 is 0 Å². The van der Waals surface area contributed by atoms with Crippen LogP contribution in [0.5, 0.6) is 0 Å². The van der Waals surface area contributed by atoms with Gasteiger partial charge in [0.15, 0.2) is 0 Å². The molecule has 0 aliphatic carbocycles. The third-order valence-electron chi connectivity index (χ3n) is 3.53. The number of amides is 1. The number of carbonyl (C=O) groups is 1. The molecule has 0 spiro atoms. The first-order valence-electron chi connectivity index (χ1n) is 7.22. The zero-order chi connectivity index (χ0) is 15.1. The first-order valence-corrected chi connectivity index (χ1v) is 7.22. The molecule has 0 radical (unpaired) electrons. The summed E-state index contributed by atoms with van der Waals surface area (Å²) >= 11 is 0. The number of benzene rings is 1. The van der Waals surface area contributed by atoms with Crippen LogP contribution < -0.4 is 5.32 Å². The predicted octanol–water partition coefficient (Wildman–Crippen LogP) is 2.17. The van der Waals surface area contributed by atoms with Crippen molar-refractivity contribution < 1.29 is 9.53 Å². The van der Waals surface area contributed by atoms with Crippen molar-refractivity contribution in [2.45, 2.75) is 6.54 Å². The maximum Gasteiger partial charge on any atom is 0.411 e. The Kier molecular flexibility index (Phi) is 5.78. The third kappa shape index (κ3) is 5.21. The molecule has 1 amide bonds. The van der Waals surface area contributed by atoms with Crippen molar-refractivity contribution in [3.63, 3.8) is 0 Å². The Morgan fingerprint density at radius 1 is 1.29 bits per heavy atom. The van der Waals surface area contributed by atoms with Gasteiger partial charge in [0.1, 0.15) is 6.61 Å². The smallest absolute Gasteiger partial charge is 0.411 e. The second kappa shape index (κ2) is 7.81. The Morgan fingerprint density at radius 2 is 1.95 bits per heavy atom. The summed E-state index contributed by atoms with van der Waals surface area (Å²) in [5.41, 5.74) is 2.00. The summed E-state index contributed by atoms with van der Waals surface area (Å²) in [5, 5.41) is 2.68. The molecule has 1 aromatic rings. The number of likely N-dealkylation sites (N-methyl/N-ethyl adjacent to an activating group) is 1. The molecule has 5 heteroatoms. The normalized spacial score (nSPS) is 16.4. The van der Waals surface area contributed by atoms with Crippen LogP contribution in [0.1, 0.15) is 5.56 Å². The zero-order valence-corrected chi connectivity index (χ0v) is 12.5. The summed E-state index contributed by atoms with van der Waals surface area (Å²) in [5.74, 6) is 0. The van der Waals surface area contributed by atoms with Crippen molar-refractivity contribution in [2.75, 3.05) is 45.2 Å². The number of hydrogen-bond acceptors (Lipinski definition) is 4. The van der Waals surface area contributed by atoms with Crippen molar-refractivity contribution in [1.29, 1.82) is 0 Å². The standard InChI is InChI=1S/C16H23N3O2/c1-3-12-21-16(20)17-15-6-4-14(5-7-15)13-19-10-8-18(2)9-11-19/h3-7H,1,8-13H2,2H3,(H,17,20). The minimum atomic E-state index is -0.457. The van der Waals surface area contributed by atoms with E-state index in [-0.39, 0.29) is 6.61 Å². The Morgan fingerprint density at radius 3 is 2.57 bits per heavy atom. The number of ether oxygens (including phenoxy) is 1. The molecule has 1 aromatic carbocycles. The fourth-order valence-electron chi connectivity index (χ4n) is 2.25. The maximum atomic E-state index is 11.4. The van der Waals surface area contributed by atoms with Crippen molar-refractivity contribution in [3.8, 4) is 0 Å². The summed E-state index contributed by atoms with van der Waals surface area (Å²) < 4.78 is 4.88. The van der Waals surface area contributed by atoms with E-state index in [1.165, 1.54) is 5.56 Å². The van der Waals surface area contributed by atoms with Crippen LogP contribution in [0.4, 0.5) is 10.5 Å². The van der Waals surface area contributed by atoms with Gasteiger partial charge in [0.25, 0.3) is 0 Å². The molecule has 0 unspecified atom stereocenters. The van der Waals surface area contributed by atoms with Crippen molar-refractivity contribution >= 4 is 11.8 Å². The van der Waals surface area contributed by atoms with Gasteiger partial charge in [0.2, 0.25) is 0 Å². The predicted molar refractivity (Wildman–Crippen MR) is 84.4 cm³/mol. The van der Waals surface area contributed by atoms with Gasteiger partial charge in [-0.25, -0.2) is 4.79 Å². The molecule has 5 nitrogen and oxygen atoms in total. The van der Waals surface area contributed by atoms with E-state index in [0.717, 1.165) is 38.4 Å². The van der Waals surface area contributed by atoms with Crippen LogP contribution in [0.25, 0.3) is 0 Å². The SMILES string of the molecule is C=CCOC(=O)Nc1ccc(CN2CCN(C)CC2)cc1. The summed E-state index contributed by atoms with van der Waals surface area (Å²) in [6.07, 6.45) is 1.08. The molecule has 1 aliphatic heterocycles. The molecule has 2 rings (SSSR count). The number of piperazine rings is 1. The molecule has 21 heavy (non-hydrogen) atoms. The fraction of sp³-hybridized carbons (Fsp3) is 0.438. The molecule has 1 aliphatic rings. The van der Waals surface area contributed by atoms with Gasteiger partial charge < -0.3 is 9.64 Å². The molecule has 1 fully saturated rings. The third-order valence-corrected chi connectivity index (χ3v) is 3.53. The summed E-state index contributed by atoms with van der Waals surface area (Å²) in [6.45, 7) is 9.11. The molecule has 114 valence electrons. The van der Waals surface area contributed by atoms with Crippen molar-refractivity contribution in [3.05, 3.63) is 42.5 Å². The topological polar surface area (TPSA) is 44.8 Å². The molecule has 1 N–H and O–H groups in total. The minimum absolute atomic E-state index is 0.216. The Hall–Kier alpha value is -1.85. The second-order valence-corrected chi connectivity index (χ2v) is 5.29. The highest BCUT2D eigenvalue weighted by molar-refractivity contribution is 5.84. The van der Waals surface area contributed by atoms with Crippen LogP contribution in [-0.4, -0.2) is 55.7 Å². The van der Waals surface area contributed by atoms with Crippen molar-refractivity contribution in [2.24, 2.45) is 0 Å². The molecule has 0 bridgehead atoms. The molecule has 1 saturated heterocycles. The van der Waals surface area contributed by atoms with E-state index in [9.17, 15) is 4.79 Å². The quantitative estimate of drug-likeness (QED) is 0.844. The second-order valence-electron chi connectivity index (χ2n) is 5.29. The van der Waals surface area contributed by atoms with E-state index in [0.29, 0.717) is 0 Å². The van der Waals surface area contributed by atoms with Gasteiger partial charge >= 0.3 is 6.09 Å². The Bertz CT molecular complexity index is 465. The van der Waals surface area contributed by atoms with E-state index >= 15 is 0 Å². The number of nitrogens with one attached hydrogen (secondary N) is 1. The van der Waals surface area contributed by atoms with Crippen molar-refractivity contribution in [1.82, 2.24) is 9.80 Å². The zero-order valence-electron chi connectivity index (χ0n) is 12.5. The lowest BCUT2D eigenvalue weighted by Crippen LogP contribution is -2.43. The Labute approximate surface area is 126 Å². The maximum absolute atomic E-state index is 11.4. The largest absolute Gasteiger partial charge is 0.445 e. The lowest BCUT2D eigenvalue weighted by Gasteiger charge is -2.32. The first-order chi connectivity index (χ1) is 10.2. The van der Waals surface area contributed by atoms with Gasteiger partial charge in [0, 0.05) is 38.4 Å². The van der Waals surface area contributed by atoms with Gasteiger partial charge in [0.05, 0.1) is 0 Å². The van der Waals surface area contributed by atoms with Crippen LogP contribution in [-0.2, 0) is 11.3 Å². The number of anilines is 1. The number of carbonyl (C=O) groups excluding carboxylic acids is 1. The van der Waals surface area contributed by atoms with Crippen LogP contribution in [0.15, 0.2) is 36.9 Å². The molecule has 1 heterocycles. The summed E-state index contributed by atoms with van der Waals surface area (Å²) in [7, 11) is 2.16. The van der Waals surface area contributed by atoms with Gasteiger partial charge in [-0.1, -0.05) is 24.8 Å². The average Bonchev–Trinajstić information content (AvgIpc) is 2.49. The molecule has 0 aromatic heterocycles. The van der Waals surface area contributed by atoms with Crippen LogP contribution in [0.2, 0.25) is 0 Å². The molecular weight excluding hydrogens is 266 g/mol. The van der Waals surface area contributed by atoms with Gasteiger partial charge in [-0.15, -0.1) is 0 Å². The monoisotopic (exact) mass is 289 g/mol.